The zero-order valence-electron chi connectivity index (χ0n) is 7.92. The molecule has 15 heavy (non-hydrogen) atoms. The highest BCUT2D eigenvalue weighted by molar-refractivity contribution is 5.88. The summed E-state index contributed by atoms with van der Waals surface area (Å²) in [5.74, 6) is 0.346. The lowest BCUT2D eigenvalue weighted by molar-refractivity contribution is -0.116. The van der Waals surface area contributed by atoms with E-state index in [1.54, 1.807) is 29.5 Å². The number of amides is 1. The zero-order chi connectivity index (χ0) is 10.5. The van der Waals surface area contributed by atoms with Crippen molar-refractivity contribution in [2.75, 3.05) is 5.32 Å². The molecule has 0 fully saturated rings. The van der Waals surface area contributed by atoms with Gasteiger partial charge in [0.1, 0.15) is 0 Å². The Morgan fingerprint density at radius 3 is 3.13 bits per heavy atom. The number of imidazole rings is 1. The van der Waals surface area contributed by atoms with E-state index in [9.17, 15) is 4.79 Å². The maximum absolute atomic E-state index is 11.4. The molecule has 7 heteroatoms. The van der Waals surface area contributed by atoms with Crippen LogP contribution in [0.15, 0.2) is 24.8 Å². The molecular weight excluding hydrogens is 196 g/mol. The van der Waals surface area contributed by atoms with E-state index in [1.165, 1.54) is 0 Å². The van der Waals surface area contributed by atoms with Crippen molar-refractivity contribution in [3.63, 3.8) is 0 Å². The Kier molecular flexibility index (Phi) is 2.72. The number of carbonyl (C=O) groups is 1. The predicted molar refractivity (Wildman–Crippen MR) is 51.9 cm³/mol. The van der Waals surface area contributed by atoms with E-state index in [0.717, 1.165) is 0 Å². The number of H-pyrrole nitrogens is 1. The van der Waals surface area contributed by atoms with Gasteiger partial charge in [0.05, 0.1) is 12.7 Å². The Morgan fingerprint density at radius 1 is 1.53 bits per heavy atom. The van der Waals surface area contributed by atoms with Gasteiger partial charge in [-0.3, -0.25) is 14.8 Å². The SMILES string of the molecule is O=C(CCn1ccnn1)Nc1ncc[nH]1. The molecule has 2 rings (SSSR count). The molecule has 2 N–H and O–H groups in total. The molecule has 0 atom stereocenters. The first kappa shape index (κ1) is 9.38. The van der Waals surface area contributed by atoms with Crippen molar-refractivity contribution in [2.24, 2.45) is 0 Å². The summed E-state index contributed by atoms with van der Waals surface area (Å²) in [5, 5.41) is 10.0. The van der Waals surface area contributed by atoms with Gasteiger partial charge in [0.15, 0.2) is 0 Å². The van der Waals surface area contributed by atoms with Crippen molar-refractivity contribution in [3.8, 4) is 0 Å². The molecule has 0 bridgehead atoms. The molecule has 2 heterocycles. The third-order valence-electron chi connectivity index (χ3n) is 1.80. The van der Waals surface area contributed by atoms with Crippen LogP contribution in [-0.4, -0.2) is 30.9 Å². The van der Waals surface area contributed by atoms with Crippen LogP contribution in [0.1, 0.15) is 6.42 Å². The highest BCUT2D eigenvalue weighted by atomic mass is 16.1. The van der Waals surface area contributed by atoms with Gasteiger partial charge in [0.25, 0.3) is 0 Å². The number of carbonyl (C=O) groups excluding carboxylic acids is 1. The van der Waals surface area contributed by atoms with Crippen molar-refractivity contribution >= 4 is 11.9 Å². The molecule has 0 aliphatic carbocycles. The van der Waals surface area contributed by atoms with Gasteiger partial charge in [-0.15, -0.1) is 5.10 Å². The second-order valence-corrected chi connectivity index (χ2v) is 2.90. The minimum atomic E-state index is -0.111. The van der Waals surface area contributed by atoms with Crippen molar-refractivity contribution < 1.29 is 4.79 Å². The van der Waals surface area contributed by atoms with Gasteiger partial charge < -0.3 is 4.98 Å². The number of aromatic amines is 1. The lowest BCUT2D eigenvalue weighted by Crippen LogP contribution is -2.15. The summed E-state index contributed by atoms with van der Waals surface area (Å²) in [6.45, 7) is 0.506. The van der Waals surface area contributed by atoms with Crippen molar-refractivity contribution in [3.05, 3.63) is 24.8 Å². The van der Waals surface area contributed by atoms with Gasteiger partial charge in [-0.05, 0) is 0 Å². The zero-order valence-corrected chi connectivity index (χ0v) is 7.92. The van der Waals surface area contributed by atoms with Gasteiger partial charge >= 0.3 is 0 Å². The quantitative estimate of drug-likeness (QED) is 0.738. The number of anilines is 1. The van der Waals surface area contributed by atoms with Crippen LogP contribution in [0.25, 0.3) is 0 Å². The van der Waals surface area contributed by atoms with E-state index < -0.39 is 0 Å². The maximum Gasteiger partial charge on any atom is 0.228 e. The van der Waals surface area contributed by atoms with Gasteiger partial charge in [-0.25, -0.2) is 4.98 Å². The third-order valence-corrected chi connectivity index (χ3v) is 1.80. The van der Waals surface area contributed by atoms with Crippen molar-refractivity contribution in [2.45, 2.75) is 13.0 Å². The summed E-state index contributed by atoms with van der Waals surface area (Å²) in [7, 11) is 0. The highest BCUT2D eigenvalue weighted by Gasteiger charge is 2.03. The van der Waals surface area contributed by atoms with Crippen LogP contribution in [0.5, 0.6) is 0 Å². The number of rotatable bonds is 4. The summed E-state index contributed by atoms with van der Waals surface area (Å²) in [4.78, 5) is 18.0. The number of aromatic nitrogens is 5. The molecule has 0 saturated heterocycles. The molecule has 0 aliphatic heterocycles. The summed E-state index contributed by atoms with van der Waals surface area (Å²) in [5.41, 5.74) is 0. The van der Waals surface area contributed by atoms with E-state index in [-0.39, 0.29) is 5.91 Å². The fraction of sp³-hybridized carbons (Fsp3) is 0.250. The Hall–Kier alpha value is -2.18. The van der Waals surface area contributed by atoms with Crippen LogP contribution >= 0.6 is 0 Å². The first-order chi connectivity index (χ1) is 7.34. The van der Waals surface area contributed by atoms with E-state index >= 15 is 0 Å². The first-order valence-corrected chi connectivity index (χ1v) is 4.48. The standard InChI is InChI=1S/C8H10N6O/c15-7(12-8-9-2-3-10-8)1-5-14-6-4-11-13-14/h2-4,6H,1,5H2,(H2,9,10,12,15). The Bertz CT molecular complexity index is 406. The molecule has 2 aromatic rings. The van der Waals surface area contributed by atoms with Gasteiger partial charge in [-0.2, -0.15) is 0 Å². The molecule has 0 aromatic carbocycles. The van der Waals surface area contributed by atoms with Crippen LogP contribution in [-0.2, 0) is 11.3 Å². The molecule has 2 aromatic heterocycles. The van der Waals surface area contributed by atoms with E-state index in [4.69, 9.17) is 0 Å². The largest absolute Gasteiger partial charge is 0.331 e. The number of nitrogens with zero attached hydrogens (tertiary/aromatic N) is 4. The van der Waals surface area contributed by atoms with Crippen LogP contribution in [0, 0.1) is 0 Å². The minimum absolute atomic E-state index is 0.111. The highest BCUT2D eigenvalue weighted by Crippen LogP contribution is 1.97. The average Bonchev–Trinajstić information content (AvgIpc) is 2.86. The van der Waals surface area contributed by atoms with Crippen molar-refractivity contribution in [1.82, 2.24) is 25.0 Å². The molecule has 78 valence electrons. The van der Waals surface area contributed by atoms with E-state index in [0.29, 0.717) is 18.9 Å². The summed E-state index contributed by atoms with van der Waals surface area (Å²) in [6.07, 6.45) is 6.84. The number of hydrogen-bond acceptors (Lipinski definition) is 4. The molecule has 1 amide bonds. The third kappa shape index (κ3) is 2.63. The van der Waals surface area contributed by atoms with Crippen LogP contribution in [0.4, 0.5) is 5.95 Å². The first-order valence-electron chi connectivity index (χ1n) is 4.48. The molecule has 0 unspecified atom stereocenters. The summed E-state index contributed by atoms with van der Waals surface area (Å²) in [6, 6.07) is 0. The Labute approximate surface area is 85.5 Å². The monoisotopic (exact) mass is 206 g/mol. The summed E-state index contributed by atoms with van der Waals surface area (Å²) < 4.78 is 1.60. The molecule has 7 nitrogen and oxygen atoms in total. The molecule has 0 radical (unpaired) electrons. The topological polar surface area (TPSA) is 88.5 Å². The van der Waals surface area contributed by atoms with Gasteiger partial charge in [-0.1, -0.05) is 5.21 Å². The Morgan fingerprint density at radius 2 is 2.47 bits per heavy atom. The lowest BCUT2D eigenvalue weighted by Gasteiger charge is -2.01. The van der Waals surface area contributed by atoms with Crippen LogP contribution in [0.2, 0.25) is 0 Å². The minimum Gasteiger partial charge on any atom is -0.331 e. The fourth-order valence-corrected chi connectivity index (χ4v) is 1.10. The maximum atomic E-state index is 11.4. The Balaban J connectivity index is 1.78. The second kappa shape index (κ2) is 4.36. The van der Waals surface area contributed by atoms with Crippen molar-refractivity contribution in [1.29, 1.82) is 0 Å². The molecule has 0 aliphatic rings. The van der Waals surface area contributed by atoms with E-state index in [1.807, 2.05) is 0 Å². The summed E-state index contributed by atoms with van der Waals surface area (Å²) >= 11 is 0. The molecular formula is C8H10N6O. The van der Waals surface area contributed by atoms with Crippen LogP contribution in [0.3, 0.4) is 0 Å². The van der Waals surface area contributed by atoms with Gasteiger partial charge in [0, 0.05) is 25.0 Å². The second-order valence-electron chi connectivity index (χ2n) is 2.90. The normalized spacial score (nSPS) is 10.1. The lowest BCUT2D eigenvalue weighted by atomic mass is 10.4. The molecule has 0 spiro atoms. The van der Waals surface area contributed by atoms with Gasteiger partial charge in [0.2, 0.25) is 11.9 Å². The number of nitrogens with one attached hydrogen (secondary N) is 2. The molecule has 0 saturated carbocycles. The number of hydrogen-bond donors (Lipinski definition) is 2. The van der Waals surface area contributed by atoms with Crippen LogP contribution < -0.4 is 5.32 Å². The average molecular weight is 206 g/mol. The van der Waals surface area contributed by atoms with E-state index in [2.05, 4.69) is 25.6 Å². The number of aryl methyl sites for hydroxylation is 1. The predicted octanol–water partition coefficient (Wildman–Crippen LogP) is 0.0300. The fourth-order valence-electron chi connectivity index (χ4n) is 1.10. The smallest absolute Gasteiger partial charge is 0.228 e.